The summed E-state index contributed by atoms with van der Waals surface area (Å²) in [4.78, 5) is 13.5. The highest BCUT2D eigenvalue weighted by Gasteiger charge is 2.38. The number of hydrogen-bond donors (Lipinski definition) is 1. The molecule has 1 amide bonds. The van der Waals surface area contributed by atoms with Gasteiger partial charge in [-0.1, -0.05) is 48.4 Å². The lowest BCUT2D eigenvalue weighted by Crippen LogP contribution is -2.51. The molecule has 1 N–H and O–H groups in total. The lowest BCUT2D eigenvalue weighted by molar-refractivity contribution is -0.128. The van der Waals surface area contributed by atoms with E-state index in [-0.39, 0.29) is 23.2 Å². The minimum Gasteiger partial charge on any atom is -0.496 e. The van der Waals surface area contributed by atoms with Crippen LogP contribution in [0.2, 0.25) is 5.02 Å². The molecule has 0 aromatic heterocycles. The van der Waals surface area contributed by atoms with E-state index in [1.54, 1.807) is 43.5 Å². The molecule has 1 aliphatic rings. The Morgan fingerprint density at radius 1 is 1.14 bits per heavy atom. The summed E-state index contributed by atoms with van der Waals surface area (Å²) in [6.07, 6.45) is -0.408. The average molecular weight is 529 g/mol. The van der Waals surface area contributed by atoms with Crippen molar-refractivity contribution in [2.24, 2.45) is 0 Å². The number of ether oxygens (including phenoxy) is 2. The number of methoxy groups -OCH3 is 1. The molecular formula is C27H29ClN2O5S. The van der Waals surface area contributed by atoms with Crippen LogP contribution in [0.5, 0.6) is 11.5 Å². The first-order chi connectivity index (χ1) is 17.1. The van der Waals surface area contributed by atoms with Crippen molar-refractivity contribution in [2.75, 3.05) is 18.0 Å². The van der Waals surface area contributed by atoms with Crippen LogP contribution in [0.3, 0.4) is 0 Å². The molecule has 0 saturated heterocycles. The second-order valence-corrected chi connectivity index (χ2v) is 11.1. The maximum absolute atomic E-state index is 13.6. The summed E-state index contributed by atoms with van der Waals surface area (Å²) in [7, 11) is -2.36. The number of hydrogen-bond acceptors (Lipinski definition) is 5. The van der Waals surface area contributed by atoms with Gasteiger partial charge in [-0.25, -0.2) is 8.42 Å². The van der Waals surface area contributed by atoms with E-state index in [1.807, 2.05) is 39.0 Å². The van der Waals surface area contributed by atoms with Gasteiger partial charge in [-0.15, -0.1) is 0 Å². The lowest BCUT2D eigenvalue weighted by atomic mass is 10.0. The van der Waals surface area contributed by atoms with Crippen molar-refractivity contribution in [1.29, 1.82) is 0 Å². The molecule has 190 valence electrons. The number of anilines is 1. The Labute approximate surface area is 217 Å². The number of nitrogens with zero attached hydrogens (tertiary/aromatic N) is 1. The number of nitrogens with one attached hydrogen (secondary N) is 1. The third kappa shape index (κ3) is 5.15. The van der Waals surface area contributed by atoms with E-state index in [2.05, 4.69) is 5.32 Å². The van der Waals surface area contributed by atoms with Crippen molar-refractivity contribution in [2.45, 2.75) is 44.2 Å². The predicted molar refractivity (Wildman–Crippen MR) is 140 cm³/mol. The molecule has 1 heterocycles. The van der Waals surface area contributed by atoms with Crippen LogP contribution in [0.25, 0.3) is 0 Å². The zero-order chi connectivity index (χ0) is 26.0. The van der Waals surface area contributed by atoms with Gasteiger partial charge >= 0.3 is 0 Å². The highest BCUT2D eigenvalue weighted by Crippen LogP contribution is 2.39. The summed E-state index contributed by atoms with van der Waals surface area (Å²) >= 11 is 6.18. The number of aryl methyl sites for hydroxylation is 2. The van der Waals surface area contributed by atoms with Crippen LogP contribution in [0.1, 0.15) is 36.1 Å². The first-order valence-corrected chi connectivity index (χ1v) is 13.5. The molecule has 7 nitrogen and oxygen atoms in total. The maximum atomic E-state index is 13.6. The van der Waals surface area contributed by atoms with Crippen molar-refractivity contribution in [3.05, 3.63) is 82.4 Å². The van der Waals surface area contributed by atoms with Gasteiger partial charge in [0, 0.05) is 5.02 Å². The Kier molecular flexibility index (Phi) is 7.47. The largest absolute Gasteiger partial charge is 0.496 e. The van der Waals surface area contributed by atoms with Gasteiger partial charge < -0.3 is 14.8 Å². The predicted octanol–water partition coefficient (Wildman–Crippen LogP) is 5.19. The van der Waals surface area contributed by atoms with Crippen molar-refractivity contribution in [1.82, 2.24) is 5.32 Å². The molecule has 0 unspecified atom stereocenters. The smallest absolute Gasteiger partial charge is 0.264 e. The van der Waals surface area contributed by atoms with Gasteiger partial charge in [0.1, 0.15) is 11.5 Å². The van der Waals surface area contributed by atoms with E-state index < -0.39 is 22.0 Å². The maximum Gasteiger partial charge on any atom is 0.264 e. The third-order valence-corrected chi connectivity index (χ3v) is 8.27. The molecule has 2 atom stereocenters. The molecule has 3 aromatic rings. The highest BCUT2D eigenvalue weighted by atomic mass is 35.5. The van der Waals surface area contributed by atoms with Gasteiger partial charge in [-0.3, -0.25) is 9.10 Å². The van der Waals surface area contributed by atoms with Crippen molar-refractivity contribution in [3.63, 3.8) is 0 Å². The minimum atomic E-state index is -3.97. The molecule has 4 rings (SSSR count). The normalized spacial score (nSPS) is 16.0. The van der Waals surface area contributed by atoms with Crippen LogP contribution in [-0.2, 0) is 14.8 Å². The van der Waals surface area contributed by atoms with Gasteiger partial charge in [0.2, 0.25) is 0 Å². The average Bonchev–Trinajstić information content (AvgIpc) is 2.86. The van der Waals surface area contributed by atoms with Crippen LogP contribution >= 0.6 is 11.6 Å². The van der Waals surface area contributed by atoms with Crippen molar-refractivity contribution < 1.29 is 22.7 Å². The first kappa shape index (κ1) is 25.9. The van der Waals surface area contributed by atoms with E-state index in [1.165, 1.54) is 10.4 Å². The fourth-order valence-corrected chi connectivity index (χ4v) is 5.86. The van der Waals surface area contributed by atoms with E-state index >= 15 is 0 Å². The first-order valence-electron chi connectivity index (χ1n) is 11.6. The SMILES string of the molecule is CC[C@H](NC(=O)[C@H]1CN(S(=O)(=O)c2ccc(C)cc2)c2cc(Cl)ccc2O1)c1ccc(OC)c(C)c1. The second-order valence-electron chi connectivity index (χ2n) is 8.77. The van der Waals surface area contributed by atoms with E-state index in [4.69, 9.17) is 21.1 Å². The summed E-state index contributed by atoms with van der Waals surface area (Å²) in [6, 6.07) is 16.8. The topological polar surface area (TPSA) is 84.9 Å². The Bertz CT molecular complexity index is 1380. The number of benzene rings is 3. The van der Waals surface area contributed by atoms with Crippen molar-refractivity contribution >= 4 is 33.2 Å². The number of fused-ring (bicyclic) bond motifs is 1. The number of rotatable bonds is 7. The van der Waals surface area contributed by atoms with Crippen molar-refractivity contribution in [3.8, 4) is 11.5 Å². The summed E-state index contributed by atoms with van der Waals surface area (Å²) < 4.78 is 39.8. The summed E-state index contributed by atoms with van der Waals surface area (Å²) in [6.45, 7) is 5.61. The zero-order valence-electron chi connectivity index (χ0n) is 20.6. The second kappa shape index (κ2) is 10.4. The number of carbonyl (C=O) groups is 1. The van der Waals surface area contributed by atoms with Crippen LogP contribution in [0.4, 0.5) is 5.69 Å². The molecule has 0 aliphatic carbocycles. The van der Waals surface area contributed by atoms with Crippen LogP contribution in [-0.4, -0.2) is 34.1 Å². The van der Waals surface area contributed by atoms with E-state index in [0.29, 0.717) is 17.1 Å². The van der Waals surface area contributed by atoms with Gasteiger partial charge in [-0.05, 0) is 67.8 Å². The van der Waals surface area contributed by atoms with Gasteiger partial charge in [0.25, 0.3) is 15.9 Å². The summed E-state index contributed by atoms with van der Waals surface area (Å²) in [5, 5.41) is 3.39. The standard InChI is InChI=1S/C27H29ClN2O5S/c1-5-22(19-8-12-24(34-4)18(3)14-19)29-27(31)26-16-30(23-15-20(28)9-13-25(23)35-26)36(32,33)21-10-6-17(2)7-11-21/h6-15,22,26H,5,16H2,1-4H3,(H,29,31)/t22-,26+/m0/s1. The number of carbonyl (C=O) groups excluding carboxylic acids is 1. The number of halogens is 1. The van der Waals surface area contributed by atoms with Crippen LogP contribution < -0.4 is 19.1 Å². The highest BCUT2D eigenvalue weighted by molar-refractivity contribution is 7.92. The molecule has 0 saturated carbocycles. The van der Waals surface area contributed by atoms with Crippen LogP contribution in [0, 0.1) is 13.8 Å². The fraction of sp³-hybridized carbons (Fsp3) is 0.296. The quantitative estimate of drug-likeness (QED) is 0.456. The molecule has 1 aliphatic heterocycles. The molecule has 3 aromatic carbocycles. The van der Waals surface area contributed by atoms with Gasteiger partial charge in [0.05, 0.1) is 30.3 Å². The minimum absolute atomic E-state index is 0.125. The molecule has 0 bridgehead atoms. The summed E-state index contributed by atoms with van der Waals surface area (Å²) in [5.74, 6) is 0.637. The molecular weight excluding hydrogens is 500 g/mol. The Morgan fingerprint density at radius 2 is 1.86 bits per heavy atom. The fourth-order valence-electron chi connectivity index (χ4n) is 4.23. The Balaban J connectivity index is 1.64. The summed E-state index contributed by atoms with van der Waals surface area (Å²) in [5.41, 5.74) is 3.12. The number of sulfonamides is 1. The van der Waals surface area contributed by atoms with Crippen LogP contribution in [0.15, 0.2) is 65.6 Å². The van der Waals surface area contributed by atoms with E-state index in [9.17, 15) is 13.2 Å². The third-order valence-electron chi connectivity index (χ3n) is 6.24. The molecule has 0 fully saturated rings. The molecule has 9 heteroatoms. The molecule has 0 radical (unpaired) electrons. The Morgan fingerprint density at radius 3 is 2.50 bits per heavy atom. The van der Waals surface area contributed by atoms with E-state index in [0.717, 1.165) is 22.4 Å². The molecule has 36 heavy (non-hydrogen) atoms. The number of amides is 1. The monoisotopic (exact) mass is 528 g/mol. The lowest BCUT2D eigenvalue weighted by Gasteiger charge is -2.35. The van der Waals surface area contributed by atoms with Gasteiger partial charge in [0.15, 0.2) is 6.10 Å². The molecule has 0 spiro atoms. The van der Waals surface area contributed by atoms with Gasteiger partial charge in [-0.2, -0.15) is 0 Å². The Hall–Kier alpha value is -3.23. The zero-order valence-corrected chi connectivity index (χ0v) is 22.2.